The number of benzene rings is 2. The lowest BCUT2D eigenvalue weighted by Crippen LogP contribution is -2.17. The van der Waals surface area contributed by atoms with Crippen LogP contribution in [0.1, 0.15) is 27.3 Å². The molecule has 132 valence electrons. The number of carbonyl (C=O) groups excluding carboxylic acids is 1. The number of carbonyl (C=O) groups is 1. The molecule has 0 bridgehead atoms. The number of hydrogen-bond donors (Lipinski definition) is 2. The minimum absolute atomic E-state index is 0.110. The fourth-order valence-electron chi connectivity index (χ4n) is 2.77. The highest BCUT2D eigenvalue weighted by Gasteiger charge is 2.10. The topological polar surface area (TPSA) is 66.6 Å². The normalized spacial score (nSPS) is 11.0. The molecule has 0 saturated heterocycles. The Hall–Kier alpha value is -3.05. The molecule has 2 aromatic carbocycles. The van der Waals surface area contributed by atoms with Crippen LogP contribution >= 0.6 is 11.6 Å². The molecule has 0 atom stereocenters. The van der Waals surface area contributed by atoms with Crippen molar-refractivity contribution in [2.45, 2.75) is 13.8 Å². The summed E-state index contributed by atoms with van der Waals surface area (Å²) in [7, 11) is 0. The minimum Gasteiger partial charge on any atom is -0.508 e. The Labute approximate surface area is 156 Å². The van der Waals surface area contributed by atoms with Crippen molar-refractivity contribution in [2.24, 2.45) is 5.10 Å². The van der Waals surface area contributed by atoms with Gasteiger partial charge in [-0.2, -0.15) is 5.10 Å². The maximum atomic E-state index is 12.0. The van der Waals surface area contributed by atoms with E-state index in [1.54, 1.807) is 6.21 Å². The lowest BCUT2D eigenvalue weighted by Gasteiger charge is -2.09. The number of phenols is 1. The Bertz CT molecular complexity index is 975. The number of hydrazone groups is 1. The van der Waals surface area contributed by atoms with Gasteiger partial charge in [0.2, 0.25) is 0 Å². The first kappa shape index (κ1) is 17.8. The number of aryl methyl sites for hydroxylation is 1. The molecule has 1 aromatic heterocycles. The average molecular weight is 368 g/mol. The van der Waals surface area contributed by atoms with Crippen LogP contribution < -0.4 is 5.43 Å². The van der Waals surface area contributed by atoms with Gasteiger partial charge in [-0.25, -0.2) is 5.43 Å². The van der Waals surface area contributed by atoms with Crippen LogP contribution in [0.5, 0.6) is 5.75 Å². The van der Waals surface area contributed by atoms with Gasteiger partial charge in [-0.15, -0.1) is 0 Å². The largest absolute Gasteiger partial charge is 0.508 e. The van der Waals surface area contributed by atoms with E-state index in [2.05, 4.69) is 15.1 Å². The zero-order valence-electron chi connectivity index (χ0n) is 14.4. The summed E-state index contributed by atoms with van der Waals surface area (Å²) in [6.45, 7) is 3.98. The molecule has 0 spiro atoms. The molecular formula is C20H18ClN3O2. The molecule has 5 nitrogen and oxygen atoms in total. The van der Waals surface area contributed by atoms with Crippen LogP contribution in [0.25, 0.3) is 5.69 Å². The van der Waals surface area contributed by atoms with E-state index >= 15 is 0 Å². The zero-order valence-corrected chi connectivity index (χ0v) is 15.2. The van der Waals surface area contributed by atoms with Gasteiger partial charge < -0.3 is 9.67 Å². The number of phenolic OH excluding ortho intramolecular Hbond substituents is 1. The fraction of sp³-hybridized carbons (Fsp3) is 0.100. The van der Waals surface area contributed by atoms with E-state index in [1.165, 1.54) is 24.3 Å². The molecule has 0 aliphatic heterocycles. The van der Waals surface area contributed by atoms with Gasteiger partial charge in [-0.05, 0) is 62.4 Å². The van der Waals surface area contributed by atoms with Crippen LogP contribution in [-0.2, 0) is 0 Å². The van der Waals surface area contributed by atoms with E-state index in [9.17, 15) is 9.90 Å². The lowest BCUT2D eigenvalue weighted by molar-refractivity contribution is 0.0955. The summed E-state index contributed by atoms with van der Waals surface area (Å²) in [5.74, 6) is -0.233. The molecular weight excluding hydrogens is 350 g/mol. The highest BCUT2D eigenvalue weighted by Crippen LogP contribution is 2.22. The SMILES string of the molecule is Cc1cc(/C=N\NC(=O)c2ccc(O)cc2)c(C)n1-c1cccc(Cl)c1. The summed E-state index contributed by atoms with van der Waals surface area (Å²) in [5.41, 5.74) is 6.81. The quantitative estimate of drug-likeness (QED) is 0.535. The van der Waals surface area contributed by atoms with Crippen molar-refractivity contribution in [2.75, 3.05) is 0 Å². The molecule has 1 amide bonds. The molecule has 0 radical (unpaired) electrons. The van der Waals surface area contributed by atoms with Crippen LogP contribution in [0, 0.1) is 13.8 Å². The lowest BCUT2D eigenvalue weighted by atomic mass is 10.2. The Morgan fingerprint density at radius 3 is 2.58 bits per heavy atom. The Morgan fingerprint density at radius 2 is 1.88 bits per heavy atom. The van der Waals surface area contributed by atoms with Crippen molar-refractivity contribution < 1.29 is 9.90 Å². The number of aromatic nitrogens is 1. The predicted octanol–water partition coefficient (Wildman–Crippen LogP) is 4.22. The summed E-state index contributed by atoms with van der Waals surface area (Å²) in [6, 6.07) is 15.6. The Kier molecular flexibility index (Phi) is 5.09. The van der Waals surface area contributed by atoms with E-state index in [1.807, 2.05) is 44.2 Å². The van der Waals surface area contributed by atoms with Crippen LogP contribution in [0.15, 0.2) is 59.7 Å². The van der Waals surface area contributed by atoms with Crippen LogP contribution in [0.2, 0.25) is 5.02 Å². The third kappa shape index (κ3) is 3.78. The summed E-state index contributed by atoms with van der Waals surface area (Å²) < 4.78 is 2.08. The standard InChI is InChI=1S/C20H18ClN3O2/c1-13-10-16(14(2)24(13)18-5-3-4-17(21)11-18)12-22-23-20(26)15-6-8-19(25)9-7-15/h3-12,25H,1-2H3,(H,23,26)/b22-12-. The summed E-state index contributed by atoms with van der Waals surface area (Å²) in [6.07, 6.45) is 1.61. The molecule has 26 heavy (non-hydrogen) atoms. The van der Waals surface area contributed by atoms with Crippen molar-refractivity contribution in [1.82, 2.24) is 9.99 Å². The van der Waals surface area contributed by atoms with Crippen LogP contribution in [0.3, 0.4) is 0 Å². The molecule has 0 aliphatic rings. The number of hydrogen-bond acceptors (Lipinski definition) is 3. The molecule has 0 saturated carbocycles. The predicted molar refractivity (Wildman–Crippen MR) is 103 cm³/mol. The van der Waals surface area contributed by atoms with E-state index in [0.29, 0.717) is 10.6 Å². The number of nitrogens with zero attached hydrogens (tertiary/aromatic N) is 2. The van der Waals surface area contributed by atoms with E-state index < -0.39 is 0 Å². The van der Waals surface area contributed by atoms with Crippen LogP contribution in [0.4, 0.5) is 0 Å². The number of aromatic hydroxyl groups is 1. The van der Waals surface area contributed by atoms with Gasteiger partial charge in [0.15, 0.2) is 0 Å². The second kappa shape index (κ2) is 7.45. The second-order valence-corrected chi connectivity index (χ2v) is 6.32. The summed E-state index contributed by atoms with van der Waals surface area (Å²) >= 11 is 6.09. The van der Waals surface area contributed by atoms with E-state index in [-0.39, 0.29) is 11.7 Å². The van der Waals surface area contributed by atoms with Gasteiger partial charge in [0.1, 0.15) is 5.75 Å². The maximum absolute atomic E-state index is 12.0. The van der Waals surface area contributed by atoms with E-state index in [0.717, 1.165) is 22.6 Å². The van der Waals surface area contributed by atoms with E-state index in [4.69, 9.17) is 11.6 Å². The van der Waals surface area contributed by atoms with Gasteiger partial charge in [-0.1, -0.05) is 17.7 Å². The smallest absolute Gasteiger partial charge is 0.271 e. The molecule has 1 heterocycles. The highest BCUT2D eigenvalue weighted by molar-refractivity contribution is 6.30. The van der Waals surface area contributed by atoms with Gasteiger partial charge in [-0.3, -0.25) is 4.79 Å². The third-order valence-electron chi connectivity index (χ3n) is 4.04. The first-order valence-electron chi connectivity index (χ1n) is 8.03. The second-order valence-electron chi connectivity index (χ2n) is 5.89. The first-order chi connectivity index (χ1) is 12.5. The molecule has 0 aliphatic carbocycles. The zero-order chi connectivity index (χ0) is 18.7. The first-order valence-corrected chi connectivity index (χ1v) is 8.41. The highest BCUT2D eigenvalue weighted by atomic mass is 35.5. The maximum Gasteiger partial charge on any atom is 0.271 e. The number of nitrogens with one attached hydrogen (secondary N) is 1. The average Bonchev–Trinajstić information content (AvgIpc) is 2.89. The molecule has 0 fully saturated rings. The Balaban J connectivity index is 1.78. The van der Waals surface area contributed by atoms with Gasteiger partial charge >= 0.3 is 0 Å². The van der Waals surface area contributed by atoms with Crippen molar-refractivity contribution in [3.63, 3.8) is 0 Å². The monoisotopic (exact) mass is 367 g/mol. The van der Waals surface area contributed by atoms with Crippen molar-refractivity contribution in [1.29, 1.82) is 0 Å². The minimum atomic E-state index is -0.343. The summed E-state index contributed by atoms with van der Waals surface area (Å²) in [5, 5.41) is 14.0. The molecule has 2 N–H and O–H groups in total. The van der Waals surface area contributed by atoms with Crippen LogP contribution in [-0.4, -0.2) is 21.8 Å². The molecule has 0 unspecified atom stereocenters. The van der Waals surface area contributed by atoms with Gasteiger partial charge in [0.25, 0.3) is 5.91 Å². The molecule has 6 heteroatoms. The van der Waals surface area contributed by atoms with Crippen molar-refractivity contribution in [3.8, 4) is 11.4 Å². The fourth-order valence-corrected chi connectivity index (χ4v) is 2.95. The van der Waals surface area contributed by atoms with Crippen molar-refractivity contribution >= 4 is 23.7 Å². The third-order valence-corrected chi connectivity index (χ3v) is 4.27. The number of rotatable bonds is 4. The molecule has 3 rings (SSSR count). The molecule has 3 aromatic rings. The van der Waals surface area contributed by atoms with Gasteiger partial charge in [0, 0.05) is 33.2 Å². The van der Waals surface area contributed by atoms with Gasteiger partial charge in [0.05, 0.1) is 6.21 Å². The number of halogens is 1. The Morgan fingerprint density at radius 1 is 1.15 bits per heavy atom. The number of amides is 1. The van der Waals surface area contributed by atoms with Crippen molar-refractivity contribution in [3.05, 3.63) is 82.1 Å². The summed E-state index contributed by atoms with van der Waals surface area (Å²) in [4.78, 5) is 12.0.